The predicted octanol–water partition coefficient (Wildman–Crippen LogP) is 3.26. The van der Waals surface area contributed by atoms with Gasteiger partial charge in [-0.25, -0.2) is 4.21 Å². The summed E-state index contributed by atoms with van der Waals surface area (Å²) in [6.07, 6.45) is -4.83. The number of halogens is 3. The van der Waals surface area contributed by atoms with Crippen LogP contribution in [0.4, 0.5) is 18.9 Å². The van der Waals surface area contributed by atoms with E-state index in [4.69, 9.17) is 4.78 Å². The highest BCUT2D eigenvalue weighted by molar-refractivity contribution is 7.73. The summed E-state index contributed by atoms with van der Waals surface area (Å²) in [6.45, 7) is 4.29. The Hall–Kier alpha value is -1.44. The summed E-state index contributed by atoms with van der Waals surface area (Å²) in [5.41, 5.74) is 0.159. The van der Waals surface area contributed by atoms with Crippen molar-refractivity contribution in [3.05, 3.63) is 18.2 Å². The molecule has 8 heteroatoms. The lowest BCUT2D eigenvalue weighted by Gasteiger charge is -2.16. The summed E-state index contributed by atoms with van der Waals surface area (Å²) >= 11 is 0. The predicted molar refractivity (Wildman–Crippen MR) is 67.0 cm³/mol. The van der Waals surface area contributed by atoms with Gasteiger partial charge in [0.25, 0.3) is 0 Å². The van der Waals surface area contributed by atoms with Crippen LogP contribution in [0.15, 0.2) is 23.1 Å². The lowest BCUT2D eigenvalue weighted by molar-refractivity contribution is -0.274. The summed E-state index contributed by atoms with van der Waals surface area (Å²) in [5.74, 6) is -0.229. The molecule has 1 unspecified atom stereocenters. The van der Waals surface area contributed by atoms with Gasteiger partial charge in [-0.05, 0) is 24.1 Å². The molecule has 1 aromatic rings. The second-order valence-electron chi connectivity index (χ2n) is 4.30. The summed E-state index contributed by atoms with van der Waals surface area (Å²) in [4.78, 5) is -0.00986. The number of rotatable bonds is 5. The summed E-state index contributed by atoms with van der Waals surface area (Å²) in [5, 5.41) is 2.82. The van der Waals surface area contributed by atoms with Crippen molar-refractivity contribution in [3.8, 4) is 5.75 Å². The molecule has 4 nitrogen and oxygen atoms in total. The first-order valence-corrected chi connectivity index (χ1v) is 6.77. The lowest BCUT2D eigenvalue weighted by Crippen LogP contribution is -2.19. The molecule has 1 atom stereocenters. The highest BCUT2D eigenvalue weighted by atomic mass is 32.2. The van der Waals surface area contributed by atoms with E-state index in [0.717, 1.165) is 6.07 Å². The highest BCUT2D eigenvalue weighted by Crippen LogP contribution is 2.31. The van der Waals surface area contributed by atoms with Gasteiger partial charge < -0.3 is 10.1 Å². The Morgan fingerprint density at radius 3 is 2.53 bits per heavy atom. The third-order valence-corrected chi connectivity index (χ3v) is 2.87. The van der Waals surface area contributed by atoms with Crippen LogP contribution < -0.4 is 10.1 Å². The molecule has 2 N–H and O–H groups in total. The van der Waals surface area contributed by atoms with Crippen molar-refractivity contribution in [2.45, 2.75) is 25.1 Å². The minimum absolute atomic E-state index is 0.00986. The van der Waals surface area contributed by atoms with Crippen molar-refractivity contribution in [2.75, 3.05) is 11.9 Å². The second kappa shape index (κ2) is 6.14. The Kier molecular flexibility index (Phi) is 5.04. The van der Waals surface area contributed by atoms with Gasteiger partial charge in [0.15, 0.2) is 5.75 Å². The average molecular weight is 296 g/mol. The summed E-state index contributed by atoms with van der Waals surface area (Å²) < 4.78 is 58.8. The van der Waals surface area contributed by atoms with Crippen molar-refractivity contribution in [1.82, 2.24) is 0 Å². The van der Waals surface area contributed by atoms with E-state index in [1.54, 1.807) is 0 Å². The van der Waals surface area contributed by atoms with Crippen LogP contribution in [-0.4, -0.2) is 17.1 Å². The van der Waals surface area contributed by atoms with Crippen molar-refractivity contribution in [3.63, 3.8) is 0 Å². The van der Waals surface area contributed by atoms with E-state index in [-0.39, 0.29) is 16.5 Å². The van der Waals surface area contributed by atoms with E-state index in [2.05, 4.69) is 10.1 Å². The first kappa shape index (κ1) is 15.6. The van der Waals surface area contributed by atoms with E-state index in [1.165, 1.54) is 12.1 Å². The zero-order chi connectivity index (χ0) is 14.6. The Labute approximate surface area is 111 Å². The van der Waals surface area contributed by atoms with Crippen molar-refractivity contribution < 1.29 is 22.1 Å². The molecule has 0 fully saturated rings. The highest BCUT2D eigenvalue weighted by Gasteiger charge is 2.32. The number of thiol groups is 1. The fourth-order valence-corrected chi connectivity index (χ4v) is 1.75. The molecule has 0 aromatic heterocycles. The second-order valence-corrected chi connectivity index (χ2v) is 5.40. The smallest absolute Gasteiger partial charge is 0.404 e. The molecule has 0 aliphatic heterocycles. The average Bonchev–Trinajstić information content (AvgIpc) is 2.24. The van der Waals surface area contributed by atoms with Crippen LogP contribution >= 0.6 is 0 Å². The first-order chi connectivity index (χ1) is 8.69. The number of alkyl halides is 3. The van der Waals surface area contributed by atoms with Gasteiger partial charge in [0, 0.05) is 11.4 Å². The maximum Gasteiger partial charge on any atom is 0.573 e. The molecular weight excluding hydrogens is 281 g/mol. The van der Waals surface area contributed by atoms with Crippen molar-refractivity contribution in [1.29, 1.82) is 4.78 Å². The number of benzene rings is 1. The summed E-state index contributed by atoms with van der Waals surface area (Å²) in [6, 6.07) is 3.65. The fraction of sp³-hybridized carbons (Fsp3) is 0.455. The van der Waals surface area contributed by atoms with Crippen molar-refractivity contribution >= 4 is 16.3 Å². The maximum absolute atomic E-state index is 12.3. The zero-order valence-electron chi connectivity index (χ0n) is 10.4. The third-order valence-electron chi connectivity index (χ3n) is 2.13. The molecule has 1 rings (SSSR count). The molecule has 0 heterocycles. The number of hydrogen-bond acceptors (Lipinski definition) is 4. The molecule has 0 saturated carbocycles. The van der Waals surface area contributed by atoms with Gasteiger partial charge in [0.2, 0.25) is 0 Å². The maximum atomic E-state index is 12.3. The van der Waals surface area contributed by atoms with E-state index < -0.39 is 22.7 Å². The summed E-state index contributed by atoms with van der Waals surface area (Å²) in [7, 11) is -2.46. The normalized spacial score (nSPS) is 13.4. The van der Waals surface area contributed by atoms with E-state index in [9.17, 15) is 17.4 Å². The fourth-order valence-electron chi connectivity index (χ4n) is 1.31. The SMILES string of the molecule is CC(C)CNc1ccc([SH](=N)=O)cc1OC(F)(F)F. The first-order valence-electron chi connectivity index (χ1n) is 5.51. The molecule has 0 radical (unpaired) electrons. The van der Waals surface area contributed by atoms with Crippen LogP contribution in [0, 0.1) is 10.7 Å². The minimum atomic E-state index is -4.83. The molecule has 0 amide bonds. The zero-order valence-corrected chi connectivity index (χ0v) is 11.3. The van der Waals surface area contributed by atoms with Gasteiger partial charge in [0.1, 0.15) is 0 Å². The van der Waals surface area contributed by atoms with Crippen LogP contribution in [-0.2, 0) is 10.6 Å². The number of nitrogens with one attached hydrogen (secondary N) is 2. The lowest BCUT2D eigenvalue weighted by atomic mass is 10.2. The number of hydrogen-bond donors (Lipinski definition) is 3. The van der Waals surface area contributed by atoms with Gasteiger partial charge in [-0.1, -0.05) is 13.8 Å². The molecular formula is C11H15F3N2O2S. The van der Waals surface area contributed by atoms with Gasteiger partial charge >= 0.3 is 6.36 Å². The van der Waals surface area contributed by atoms with E-state index >= 15 is 0 Å². The van der Waals surface area contributed by atoms with Crippen LogP contribution in [0.5, 0.6) is 5.75 Å². The van der Waals surface area contributed by atoms with Gasteiger partial charge in [0.05, 0.1) is 16.3 Å². The third kappa shape index (κ3) is 5.37. The van der Waals surface area contributed by atoms with Gasteiger partial charge in [-0.15, -0.1) is 13.2 Å². The molecule has 19 heavy (non-hydrogen) atoms. The van der Waals surface area contributed by atoms with Crippen LogP contribution in [0.3, 0.4) is 0 Å². The monoisotopic (exact) mass is 296 g/mol. The molecule has 0 bridgehead atoms. The number of anilines is 1. The van der Waals surface area contributed by atoms with E-state index in [1.807, 2.05) is 13.8 Å². The van der Waals surface area contributed by atoms with Gasteiger partial charge in [-0.2, -0.15) is 0 Å². The Morgan fingerprint density at radius 2 is 2.05 bits per heavy atom. The Bertz CT molecular complexity index is 505. The quantitative estimate of drug-likeness (QED) is 0.731. The Morgan fingerprint density at radius 1 is 1.42 bits per heavy atom. The van der Waals surface area contributed by atoms with Crippen LogP contribution in [0.25, 0.3) is 0 Å². The van der Waals surface area contributed by atoms with E-state index in [0.29, 0.717) is 6.54 Å². The largest absolute Gasteiger partial charge is 0.573 e. The van der Waals surface area contributed by atoms with Crippen LogP contribution in [0.1, 0.15) is 13.8 Å². The molecule has 1 aromatic carbocycles. The molecule has 0 spiro atoms. The Balaban J connectivity index is 3.07. The molecule has 0 aliphatic carbocycles. The standard InChI is InChI=1S/C11H15F3N2O2S/c1-7(2)6-16-9-4-3-8(19(15)17)5-10(9)18-11(12,13)14/h3-5,7,15-16,19H,6H2,1-2H3. The molecule has 0 saturated heterocycles. The van der Waals surface area contributed by atoms with Crippen LogP contribution in [0.2, 0.25) is 0 Å². The minimum Gasteiger partial charge on any atom is -0.404 e. The molecule has 0 aliphatic rings. The molecule has 108 valence electrons. The number of ether oxygens (including phenoxy) is 1. The topological polar surface area (TPSA) is 62.2 Å². The van der Waals surface area contributed by atoms with Gasteiger partial charge in [-0.3, -0.25) is 4.78 Å². The van der Waals surface area contributed by atoms with Crippen molar-refractivity contribution in [2.24, 2.45) is 5.92 Å².